The van der Waals surface area contributed by atoms with E-state index in [1.54, 1.807) is 24.3 Å². The summed E-state index contributed by atoms with van der Waals surface area (Å²) in [6, 6.07) is 8.90. The molecule has 1 N–H and O–H groups in total. The summed E-state index contributed by atoms with van der Waals surface area (Å²) in [4.78, 5) is 23.1. The highest BCUT2D eigenvalue weighted by atomic mass is 16.5. The number of benzene rings is 1. The van der Waals surface area contributed by atoms with Gasteiger partial charge in [0.05, 0.1) is 6.61 Å². The van der Waals surface area contributed by atoms with Gasteiger partial charge in [0.25, 0.3) is 5.91 Å². The molecule has 1 aliphatic rings. The van der Waals surface area contributed by atoms with Crippen LogP contribution in [0.4, 0.5) is 11.6 Å². The molecule has 0 saturated carbocycles. The van der Waals surface area contributed by atoms with Crippen molar-refractivity contribution >= 4 is 17.5 Å². The van der Waals surface area contributed by atoms with Gasteiger partial charge in [-0.2, -0.15) is 0 Å². The van der Waals surface area contributed by atoms with Crippen LogP contribution in [0.2, 0.25) is 0 Å². The predicted molar refractivity (Wildman–Crippen MR) is 93.7 cm³/mol. The lowest BCUT2D eigenvalue weighted by Gasteiger charge is -2.27. The summed E-state index contributed by atoms with van der Waals surface area (Å²) in [5.74, 6) is 1.95. The molecule has 6 nitrogen and oxygen atoms in total. The largest absolute Gasteiger partial charge is 0.494 e. The molecule has 0 unspecified atom stereocenters. The lowest BCUT2D eigenvalue weighted by Crippen LogP contribution is -2.30. The van der Waals surface area contributed by atoms with E-state index < -0.39 is 0 Å². The van der Waals surface area contributed by atoms with Crippen LogP contribution in [-0.4, -0.2) is 35.6 Å². The van der Waals surface area contributed by atoms with Crippen LogP contribution in [0.3, 0.4) is 0 Å². The van der Waals surface area contributed by atoms with Crippen molar-refractivity contribution < 1.29 is 9.53 Å². The van der Waals surface area contributed by atoms with Gasteiger partial charge in [-0.25, -0.2) is 9.97 Å². The molecule has 24 heavy (non-hydrogen) atoms. The van der Waals surface area contributed by atoms with Crippen LogP contribution in [0.5, 0.6) is 5.75 Å². The van der Waals surface area contributed by atoms with E-state index in [2.05, 4.69) is 20.2 Å². The van der Waals surface area contributed by atoms with Crippen LogP contribution in [0.1, 0.15) is 36.5 Å². The number of carbonyl (C=O) groups excluding carboxylic acids is 1. The first-order valence-electron chi connectivity index (χ1n) is 8.37. The number of carbonyl (C=O) groups is 1. The smallest absolute Gasteiger partial charge is 0.256 e. The first-order valence-corrected chi connectivity index (χ1v) is 8.37. The fourth-order valence-corrected chi connectivity index (χ4v) is 2.77. The number of hydrogen-bond acceptors (Lipinski definition) is 5. The Morgan fingerprint density at radius 3 is 2.62 bits per heavy atom. The van der Waals surface area contributed by atoms with Gasteiger partial charge in [-0.05, 0) is 50.5 Å². The third-order valence-electron chi connectivity index (χ3n) is 4.00. The number of hydrogen-bond donors (Lipinski definition) is 1. The monoisotopic (exact) mass is 326 g/mol. The maximum atomic E-state index is 12.3. The molecule has 0 radical (unpaired) electrons. The highest BCUT2D eigenvalue weighted by Crippen LogP contribution is 2.20. The van der Waals surface area contributed by atoms with E-state index >= 15 is 0 Å². The standard InChI is InChI=1S/C18H22N4O2/c1-2-24-15-8-6-14(7-9-15)18(23)21-16-12-17(20-13-19-16)22-10-4-3-5-11-22/h6-9,12-13H,2-5,10-11H2,1H3,(H,19,20,21,23). The molecule has 126 valence electrons. The molecule has 1 fully saturated rings. The third kappa shape index (κ3) is 4.01. The van der Waals surface area contributed by atoms with Crippen molar-refractivity contribution in [2.75, 3.05) is 29.9 Å². The Morgan fingerprint density at radius 2 is 1.92 bits per heavy atom. The number of nitrogens with zero attached hydrogens (tertiary/aromatic N) is 3. The van der Waals surface area contributed by atoms with E-state index in [1.807, 2.05) is 13.0 Å². The van der Waals surface area contributed by atoms with Crippen molar-refractivity contribution in [1.29, 1.82) is 0 Å². The topological polar surface area (TPSA) is 67.3 Å². The molecule has 1 saturated heterocycles. The molecule has 0 spiro atoms. The summed E-state index contributed by atoms with van der Waals surface area (Å²) >= 11 is 0. The van der Waals surface area contributed by atoms with Crippen molar-refractivity contribution in [3.8, 4) is 5.75 Å². The summed E-state index contributed by atoms with van der Waals surface area (Å²) < 4.78 is 5.38. The minimum Gasteiger partial charge on any atom is -0.494 e. The van der Waals surface area contributed by atoms with E-state index in [0.29, 0.717) is 18.0 Å². The van der Waals surface area contributed by atoms with Crippen molar-refractivity contribution in [2.24, 2.45) is 0 Å². The molecule has 2 heterocycles. The van der Waals surface area contributed by atoms with E-state index in [1.165, 1.54) is 25.6 Å². The molecule has 1 aliphatic heterocycles. The number of aromatic nitrogens is 2. The van der Waals surface area contributed by atoms with E-state index in [9.17, 15) is 4.79 Å². The van der Waals surface area contributed by atoms with Gasteiger partial charge in [-0.15, -0.1) is 0 Å². The molecule has 1 amide bonds. The zero-order valence-corrected chi connectivity index (χ0v) is 13.9. The molecule has 0 atom stereocenters. The summed E-state index contributed by atoms with van der Waals surface area (Å²) in [5.41, 5.74) is 0.566. The Labute approximate surface area is 141 Å². The highest BCUT2D eigenvalue weighted by molar-refractivity contribution is 6.03. The molecular weight excluding hydrogens is 304 g/mol. The number of piperidine rings is 1. The Bertz CT molecular complexity index is 682. The molecule has 1 aromatic carbocycles. The van der Waals surface area contributed by atoms with Gasteiger partial charge in [-0.3, -0.25) is 4.79 Å². The van der Waals surface area contributed by atoms with Gasteiger partial charge in [0.1, 0.15) is 23.7 Å². The Kier molecular flexibility index (Phi) is 5.25. The normalized spacial score (nSPS) is 14.3. The van der Waals surface area contributed by atoms with Crippen LogP contribution in [0.15, 0.2) is 36.7 Å². The summed E-state index contributed by atoms with van der Waals surface area (Å²) in [6.07, 6.45) is 5.12. The molecule has 1 aromatic heterocycles. The zero-order valence-electron chi connectivity index (χ0n) is 13.9. The van der Waals surface area contributed by atoms with Gasteiger partial charge in [-0.1, -0.05) is 0 Å². The first kappa shape index (κ1) is 16.2. The van der Waals surface area contributed by atoms with E-state index in [4.69, 9.17) is 4.74 Å². The minimum atomic E-state index is -0.193. The van der Waals surface area contributed by atoms with Crippen molar-refractivity contribution in [3.63, 3.8) is 0 Å². The second kappa shape index (κ2) is 7.77. The second-order valence-corrected chi connectivity index (χ2v) is 5.72. The van der Waals surface area contributed by atoms with Crippen LogP contribution >= 0.6 is 0 Å². The fourth-order valence-electron chi connectivity index (χ4n) is 2.77. The van der Waals surface area contributed by atoms with Gasteiger partial charge in [0.15, 0.2) is 0 Å². The van der Waals surface area contributed by atoms with Crippen LogP contribution < -0.4 is 15.0 Å². The molecule has 0 aliphatic carbocycles. The number of nitrogens with one attached hydrogen (secondary N) is 1. The average molecular weight is 326 g/mol. The quantitative estimate of drug-likeness (QED) is 0.914. The van der Waals surface area contributed by atoms with Gasteiger partial charge in [0.2, 0.25) is 0 Å². The van der Waals surface area contributed by atoms with Gasteiger partial charge < -0.3 is 15.0 Å². The molecule has 0 bridgehead atoms. The van der Waals surface area contributed by atoms with Crippen molar-refractivity contribution in [3.05, 3.63) is 42.2 Å². The molecular formula is C18H22N4O2. The average Bonchev–Trinajstić information content (AvgIpc) is 2.63. The molecule has 2 aromatic rings. The number of rotatable bonds is 5. The molecule has 3 rings (SSSR count). The third-order valence-corrected chi connectivity index (χ3v) is 4.00. The first-order chi connectivity index (χ1) is 11.8. The molecule has 6 heteroatoms. The maximum absolute atomic E-state index is 12.3. The number of anilines is 2. The maximum Gasteiger partial charge on any atom is 0.256 e. The highest BCUT2D eigenvalue weighted by Gasteiger charge is 2.14. The number of ether oxygens (including phenoxy) is 1. The van der Waals surface area contributed by atoms with Crippen molar-refractivity contribution in [2.45, 2.75) is 26.2 Å². The Hall–Kier alpha value is -2.63. The predicted octanol–water partition coefficient (Wildman–Crippen LogP) is 3.12. The lowest BCUT2D eigenvalue weighted by molar-refractivity contribution is 0.102. The van der Waals surface area contributed by atoms with E-state index in [0.717, 1.165) is 24.7 Å². The van der Waals surface area contributed by atoms with Gasteiger partial charge in [0, 0.05) is 24.7 Å². The summed E-state index contributed by atoms with van der Waals surface area (Å²) in [6.45, 7) is 4.54. The summed E-state index contributed by atoms with van der Waals surface area (Å²) in [7, 11) is 0. The van der Waals surface area contributed by atoms with Crippen LogP contribution in [-0.2, 0) is 0 Å². The Balaban J connectivity index is 1.67. The van der Waals surface area contributed by atoms with Crippen LogP contribution in [0, 0.1) is 0 Å². The van der Waals surface area contributed by atoms with E-state index in [-0.39, 0.29) is 5.91 Å². The lowest BCUT2D eigenvalue weighted by atomic mass is 10.1. The minimum absolute atomic E-state index is 0.193. The fraction of sp³-hybridized carbons (Fsp3) is 0.389. The zero-order chi connectivity index (χ0) is 16.8. The van der Waals surface area contributed by atoms with Gasteiger partial charge >= 0.3 is 0 Å². The Morgan fingerprint density at radius 1 is 1.17 bits per heavy atom. The van der Waals surface area contributed by atoms with Crippen LogP contribution in [0.25, 0.3) is 0 Å². The van der Waals surface area contributed by atoms with Crippen molar-refractivity contribution in [1.82, 2.24) is 9.97 Å². The number of amides is 1. The summed E-state index contributed by atoms with van der Waals surface area (Å²) in [5, 5.41) is 2.83. The second-order valence-electron chi connectivity index (χ2n) is 5.72. The SMILES string of the molecule is CCOc1ccc(C(=O)Nc2cc(N3CCCCC3)ncn2)cc1.